The van der Waals surface area contributed by atoms with Crippen molar-refractivity contribution in [1.82, 2.24) is 20.6 Å². The van der Waals surface area contributed by atoms with Crippen molar-refractivity contribution in [2.45, 2.75) is 43.8 Å². The minimum absolute atomic E-state index is 0.0443. The van der Waals surface area contributed by atoms with E-state index in [1.807, 2.05) is 0 Å². The van der Waals surface area contributed by atoms with E-state index in [-0.39, 0.29) is 12.2 Å². The number of nitrogens with two attached hydrogens (primary N) is 3. The van der Waals surface area contributed by atoms with Gasteiger partial charge in [0.25, 0.3) is 0 Å². The van der Waals surface area contributed by atoms with Crippen LogP contribution in [0.3, 0.4) is 0 Å². The van der Waals surface area contributed by atoms with E-state index in [1.54, 1.807) is 0 Å². The van der Waals surface area contributed by atoms with Crippen LogP contribution in [0.2, 0.25) is 0 Å². The molecule has 10 nitrogen and oxygen atoms in total. The zero-order valence-electron chi connectivity index (χ0n) is 14.5. The molecular formula is C15H27N7O3S. The number of nitrogens with zero attached hydrogens (tertiary/aromatic N) is 1. The molecule has 1 aromatic rings. The lowest BCUT2D eigenvalue weighted by Crippen LogP contribution is -2.56. The van der Waals surface area contributed by atoms with Gasteiger partial charge in [-0.1, -0.05) is 6.42 Å². The first-order valence-corrected chi connectivity index (χ1v) is 8.96. The highest BCUT2D eigenvalue weighted by atomic mass is 32.1. The van der Waals surface area contributed by atoms with Crippen LogP contribution in [0, 0.1) is 0 Å². The number of amides is 3. The van der Waals surface area contributed by atoms with Gasteiger partial charge >= 0.3 is 0 Å². The summed E-state index contributed by atoms with van der Waals surface area (Å²) in [6.07, 6.45) is 5.10. The molecule has 0 spiro atoms. The number of rotatable bonds is 12. The predicted octanol–water partition coefficient (Wildman–Crippen LogP) is -2.21. The molecule has 146 valence electrons. The number of hydrogen-bond acceptors (Lipinski definition) is 7. The fourth-order valence-corrected chi connectivity index (χ4v) is 2.48. The summed E-state index contributed by atoms with van der Waals surface area (Å²) in [7, 11) is 0. The molecule has 0 fully saturated rings. The highest BCUT2D eigenvalue weighted by Gasteiger charge is 2.26. The summed E-state index contributed by atoms with van der Waals surface area (Å²) in [5.74, 6) is -1.68. The van der Waals surface area contributed by atoms with Gasteiger partial charge in [0.15, 0.2) is 0 Å². The first-order valence-electron chi connectivity index (χ1n) is 8.32. The zero-order chi connectivity index (χ0) is 19.5. The van der Waals surface area contributed by atoms with E-state index in [0.717, 1.165) is 12.8 Å². The summed E-state index contributed by atoms with van der Waals surface area (Å²) >= 11 is 4.08. The summed E-state index contributed by atoms with van der Waals surface area (Å²) in [4.78, 5) is 42.7. The van der Waals surface area contributed by atoms with E-state index < -0.39 is 35.8 Å². The predicted molar refractivity (Wildman–Crippen MR) is 100 cm³/mol. The van der Waals surface area contributed by atoms with Gasteiger partial charge in [0.05, 0.1) is 12.4 Å². The van der Waals surface area contributed by atoms with Crippen molar-refractivity contribution in [3.05, 3.63) is 18.2 Å². The average Bonchev–Trinajstić information content (AvgIpc) is 3.11. The van der Waals surface area contributed by atoms with Crippen LogP contribution in [-0.4, -0.2) is 58.1 Å². The van der Waals surface area contributed by atoms with E-state index in [1.165, 1.54) is 12.5 Å². The Morgan fingerprint density at radius 2 is 1.88 bits per heavy atom. The van der Waals surface area contributed by atoms with E-state index in [0.29, 0.717) is 18.7 Å². The van der Waals surface area contributed by atoms with E-state index in [4.69, 9.17) is 17.2 Å². The molecule has 0 radical (unpaired) electrons. The number of primary amides is 1. The van der Waals surface area contributed by atoms with E-state index in [2.05, 4.69) is 33.2 Å². The Morgan fingerprint density at radius 1 is 1.19 bits per heavy atom. The maximum absolute atomic E-state index is 12.4. The summed E-state index contributed by atoms with van der Waals surface area (Å²) in [6.45, 7) is 0.529. The number of thiol groups is 1. The summed E-state index contributed by atoms with van der Waals surface area (Å²) < 4.78 is 0. The molecule has 9 N–H and O–H groups in total. The van der Waals surface area contributed by atoms with Gasteiger partial charge in [-0.15, -0.1) is 0 Å². The molecule has 0 aromatic carbocycles. The van der Waals surface area contributed by atoms with Crippen molar-refractivity contribution < 1.29 is 14.4 Å². The van der Waals surface area contributed by atoms with Crippen molar-refractivity contribution in [2.75, 3.05) is 12.3 Å². The Kier molecular flexibility index (Phi) is 9.70. The smallest absolute Gasteiger partial charge is 0.244 e. The Morgan fingerprint density at radius 3 is 2.42 bits per heavy atom. The monoisotopic (exact) mass is 385 g/mol. The van der Waals surface area contributed by atoms with Crippen LogP contribution < -0.4 is 27.8 Å². The lowest BCUT2D eigenvalue weighted by molar-refractivity contribution is -0.131. The molecular weight excluding hydrogens is 358 g/mol. The molecule has 0 bridgehead atoms. The number of imidazole rings is 1. The summed E-state index contributed by atoms with van der Waals surface area (Å²) in [5, 5.41) is 5.06. The van der Waals surface area contributed by atoms with Crippen LogP contribution in [0.15, 0.2) is 12.5 Å². The third-order valence-electron chi connectivity index (χ3n) is 3.76. The Labute approximate surface area is 157 Å². The Bertz CT molecular complexity index is 582. The third-order valence-corrected chi connectivity index (χ3v) is 4.13. The molecule has 11 heteroatoms. The molecule has 1 aromatic heterocycles. The molecule has 0 aliphatic heterocycles. The largest absolute Gasteiger partial charge is 0.368 e. The van der Waals surface area contributed by atoms with Crippen molar-refractivity contribution in [3.8, 4) is 0 Å². The molecule has 3 amide bonds. The molecule has 0 saturated heterocycles. The molecule has 1 rings (SSSR count). The lowest BCUT2D eigenvalue weighted by Gasteiger charge is -2.22. The van der Waals surface area contributed by atoms with E-state index in [9.17, 15) is 14.4 Å². The second kappa shape index (κ2) is 11.5. The van der Waals surface area contributed by atoms with Crippen LogP contribution in [-0.2, 0) is 20.8 Å². The second-order valence-electron chi connectivity index (χ2n) is 5.88. The number of hydrogen-bond donors (Lipinski definition) is 7. The number of aromatic amines is 1. The normalized spacial score (nSPS) is 14.3. The van der Waals surface area contributed by atoms with Gasteiger partial charge in [0.1, 0.15) is 12.1 Å². The Hall–Kier alpha value is -2.11. The molecule has 26 heavy (non-hydrogen) atoms. The first kappa shape index (κ1) is 21.9. The van der Waals surface area contributed by atoms with Crippen molar-refractivity contribution in [1.29, 1.82) is 0 Å². The van der Waals surface area contributed by atoms with Gasteiger partial charge in [-0.05, 0) is 19.4 Å². The minimum atomic E-state index is -0.944. The molecule has 0 aliphatic carbocycles. The van der Waals surface area contributed by atoms with Gasteiger partial charge < -0.3 is 32.8 Å². The number of nitrogens with one attached hydrogen (secondary N) is 3. The first-order chi connectivity index (χ1) is 12.4. The molecule has 1 heterocycles. The van der Waals surface area contributed by atoms with Crippen LogP contribution in [0.4, 0.5) is 0 Å². The van der Waals surface area contributed by atoms with Crippen LogP contribution in [0.25, 0.3) is 0 Å². The average molecular weight is 385 g/mol. The number of carbonyl (C=O) groups is 3. The zero-order valence-corrected chi connectivity index (χ0v) is 15.4. The van der Waals surface area contributed by atoms with Crippen molar-refractivity contribution in [2.24, 2.45) is 17.2 Å². The van der Waals surface area contributed by atoms with Gasteiger partial charge in [0, 0.05) is 24.1 Å². The van der Waals surface area contributed by atoms with Crippen LogP contribution >= 0.6 is 12.6 Å². The molecule has 3 atom stereocenters. The third kappa shape index (κ3) is 7.42. The number of carbonyl (C=O) groups excluding carboxylic acids is 3. The second-order valence-corrected chi connectivity index (χ2v) is 6.24. The highest BCUT2D eigenvalue weighted by molar-refractivity contribution is 7.80. The van der Waals surface area contributed by atoms with Crippen LogP contribution in [0.5, 0.6) is 0 Å². The minimum Gasteiger partial charge on any atom is -0.368 e. The molecule has 0 unspecified atom stereocenters. The maximum atomic E-state index is 12.4. The maximum Gasteiger partial charge on any atom is 0.244 e. The fraction of sp³-hybridized carbons (Fsp3) is 0.600. The van der Waals surface area contributed by atoms with Crippen LogP contribution in [0.1, 0.15) is 25.0 Å². The SMILES string of the molecule is NCCCC[C@H](N)C(=O)N[C@@H](CS)C(=O)N[C@@H](Cc1cnc[nH]1)C(N)=O. The van der Waals surface area contributed by atoms with E-state index >= 15 is 0 Å². The fourth-order valence-electron chi connectivity index (χ4n) is 2.22. The number of H-pyrrole nitrogens is 1. The van der Waals surface area contributed by atoms with Gasteiger partial charge in [0.2, 0.25) is 17.7 Å². The molecule has 0 aliphatic rings. The lowest BCUT2D eigenvalue weighted by atomic mass is 10.1. The summed E-state index contributed by atoms with van der Waals surface area (Å²) in [6, 6.07) is -2.62. The van der Waals surface area contributed by atoms with Crippen molar-refractivity contribution in [3.63, 3.8) is 0 Å². The molecule has 0 saturated carbocycles. The summed E-state index contributed by atoms with van der Waals surface area (Å²) in [5.41, 5.74) is 17.2. The van der Waals surface area contributed by atoms with Gasteiger partial charge in [-0.3, -0.25) is 14.4 Å². The topological polar surface area (TPSA) is 182 Å². The number of unbranched alkanes of at least 4 members (excludes halogenated alkanes) is 1. The quantitative estimate of drug-likeness (QED) is 0.158. The standard InChI is InChI=1S/C15H27N7O3S/c16-4-2-1-3-10(17)14(24)22-12(7-26)15(25)21-11(13(18)23)5-9-6-19-8-20-9/h6,8,10-12,26H,1-5,7,16-17H2,(H2,18,23)(H,19,20)(H,21,25)(H,22,24)/t10-,11-,12-/m0/s1. The number of aromatic nitrogens is 2. The highest BCUT2D eigenvalue weighted by Crippen LogP contribution is 2.02. The van der Waals surface area contributed by atoms with Crippen molar-refractivity contribution >= 4 is 30.4 Å². The van der Waals surface area contributed by atoms with Gasteiger partial charge in [-0.25, -0.2) is 4.98 Å². The van der Waals surface area contributed by atoms with Gasteiger partial charge in [-0.2, -0.15) is 12.6 Å². The Balaban J connectivity index is 2.59.